The van der Waals surface area contributed by atoms with Gasteiger partial charge in [0.15, 0.2) is 6.23 Å². The molecule has 7 heteroatoms. The van der Waals surface area contributed by atoms with Gasteiger partial charge in [-0.2, -0.15) is 5.10 Å². The van der Waals surface area contributed by atoms with Gasteiger partial charge in [0.2, 0.25) is 0 Å². The smallest absolute Gasteiger partial charge is 0.262 e. The van der Waals surface area contributed by atoms with Gasteiger partial charge in [0.25, 0.3) is 5.91 Å². The van der Waals surface area contributed by atoms with Crippen LogP contribution in [0.25, 0.3) is 11.3 Å². The van der Waals surface area contributed by atoms with Gasteiger partial charge >= 0.3 is 0 Å². The molecule has 2 aromatic carbocycles. The van der Waals surface area contributed by atoms with Crippen molar-refractivity contribution in [2.45, 2.75) is 45.1 Å². The number of fused-ring (bicyclic) bond motifs is 1. The SMILES string of the molecule is Cc1c(-c2ccc(F)cc2)nn(CC(C)(O)C2CC2)c1N1C(=O)c2ccccc2C1O. The van der Waals surface area contributed by atoms with Crippen LogP contribution < -0.4 is 4.90 Å². The van der Waals surface area contributed by atoms with E-state index in [1.165, 1.54) is 17.0 Å². The molecule has 160 valence electrons. The Morgan fingerprint density at radius 2 is 1.84 bits per heavy atom. The zero-order chi connectivity index (χ0) is 21.9. The molecule has 1 saturated carbocycles. The van der Waals surface area contributed by atoms with Crippen LogP contribution >= 0.6 is 0 Å². The van der Waals surface area contributed by atoms with E-state index in [1.54, 1.807) is 48.0 Å². The van der Waals surface area contributed by atoms with Gasteiger partial charge in [-0.05, 0) is 62.9 Å². The van der Waals surface area contributed by atoms with E-state index in [1.807, 2.05) is 6.92 Å². The number of carbonyl (C=O) groups excluding carboxylic acids is 1. The number of rotatable bonds is 5. The van der Waals surface area contributed by atoms with Crippen molar-refractivity contribution in [1.82, 2.24) is 9.78 Å². The number of carbonyl (C=O) groups is 1. The number of anilines is 1. The maximum Gasteiger partial charge on any atom is 0.262 e. The van der Waals surface area contributed by atoms with Gasteiger partial charge in [-0.1, -0.05) is 18.2 Å². The molecule has 1 amide bonds. The van der Waals surface area contributed by atoms with Crippen molar-refractivity contribution in [3.63, 3.8) is 0 Å². The Kier molecular flexibility index (Phi) is 4.50. The summed E-state index contributed by atoms with van der Waals surface area (Å²) in [5, 5.41) is 26.7. The lowest BCUT2D eigenvalue weighted by Crippen LogP contribution is -2.36. The third-order valence-corrected chi connectivity index (χ3v) is 6.36. The van der Waals surface area contributed by atoms with Crippen LogP contribution in [0.2, 0.25) is 0 Å². The fourth-order valence-electron chi connectivity index (χ4n) is 4.49. The highest BCUT2D eigenvalue weighted by Gasteiger charge is 2.44. The predicted molar refractivity (Wildman–Crippen MR) is 114 cm³/mol. The van der Waals surface area contributed by atoms with Crippen molar-refractivity contribution in [1.29, 1.82) is 0 Å². The van der Waals surface area contributed by atoms with Gasteiger partial charge < -0.3 is 10.2 Å². The summed E-state index contributed by atoms with van der Waals surface area (Å²) in [4.78, 5) is 14.6. The highest BCUT2D eigenvalue weighted by Crippen LogP contribution is 2.44. The molecule has 2 atom stereocenters. The molecule has 31 heavy (non-hydrogen) atoms. The quantitative estimate of drug-likeness (QED) is 0.657. The summed E-state index contributed by atoms with van der Waals surface area (Å²) in [6.45, 7) is 3.79. The highest BCUT2D eigenvalue weighted by atomic mass is 19.1. The van der Waals surface area contributed by atoms with E-state index in [2.05, 4.69) is 0 Å². The Morgan fingerprint density at radius 1 is 1.16 bits per heavy atom. The summed E-state index contributed by atoms with van der Waals surface area (Å²) in [6.07, 6.45) is 0.749. The molecule has 3 aromatic rings. The van der Waals surface area contributed by atoms with Crippen LogP contribution in [0.3, 0.4) is 0 Å². The Bertz CT molecular complexity index is 1170. The lowest BCUT2D eigenvalue weighted by atomic mass is 10.0. The molecule has 1 aliphatic carbocycles. The van der Waals surface area contributed by atoms with Gasteiger partial charge in [-0.25, -0.2) is 9.07 Å². The van der Waals surface area contributed by atoms with Gasteiger partial charge in [0.1, 0.15) is 11.6 Å². The molecule has 1 fully saturated rings. The summed E-state index contributed by atoms with van der Waals surface area (Å²) in [5.74, 6) is -0.0492. The van der Waals surface area contributed by atoms with Gasteiger partial charge in [0, 0.05) is 22.3 Å². The number of aliphatic hydroxyl groups is 2. The molecule has 0 bridgehead atoms. The molecular weight excluding hydrogens is 397 g/mol. The molecule has 2 aliphatic rings. The fourth-order valence-corrected chi connectivity index (χ4v) is 4.49. The van der Waals surface area contributed by atoms with Crippen LogP contribution in [0.1, 0.15) is 47.5 Å². The number of hydrogen-bond acceptors (Lipinski definition) is 4. The minimum absolute atomic E-state index is 0.176. The van der Waals surface area contributed by atoms with Crippen LogP contribution in [0.4, 0.5) is 10.2 Å². The van der Waals surface area contributed by atoms with Crippen molar-refractivity contribution in [3.8, 4) is 11.3 Å². The summed E-state index contributed by atoms with van der Waals surface area (Å²) in [5.41, 5.74) is 1.95. The third kappa shape index (κ3) is 3.25. The second kappa shape index (κ2) is 7.00. The molecule has 1 aliphatic heterocycles. The zero-order valence-corrected chi connectivity index (χ0v) is 17.4. The molecule has 2 unspecified atom stereocenters. The number of benzene rings is 2. The lowest BCUT2D eigenvalue weighted by molar-refractivity contribution is 0.0161. The summed E-state index contributed by atoms with van der Waals surface area (Å²) in [7, 11) is 0. The molecule has 0 spiro atoms. The second-order valence-corrected chi connectivity index (χ2v) is 8.73. The van der Waals surface area contributed by atoms with Crippen molar-refractivity contribution >= 4 is 11.7 Å². The lowest BCUT2D eigenvalue weighted by Gasteiger charge is -2.27. The fraction of sp³-hybridized carbons (Fsp3) is 0.333. The molecule has 1 aromatic heterocycles. The van der Waals surface area contributed by atoms with E-state index in [0.717, 1.165) is 12.8 Å². The van der Waals surface area contributed by atoms with Crippen molar-refractivity contribution in [2.24, 2.45) is 5.92 Å². The van der Waals surface area contributed by atoms with Crippen LogP contribution in [0.15, 0.2) is 48.5 Å². The Hall–Kier alpha value is -3.03. The largest absolute Gasteiger partial charge is 0.388 e. The number of nitrogens with zero attached hydrogens (tertiary/aromatic N) is 3. The van der Waals surface area contributed by atoms with Crippen LogP contribution in [0, 0.1) is 18.7 Å². The van der Waals surface area contributed by atoms with Crippen molar-refractivity contribution in [2.75, 3.05) is 4.90 Å². The number of aromatic nitrogens is 2. The Labute approximate surface area is 179 Å². The Balaban J connectivity index is 1.65. The van der Waals surface area contributed by atoms with Gasteiger partial charge in [-0.3, -0.25) is 9.69 Å². The van der Waals surface area contributed by atoms with E-state index < -0.39 is 11.8 Å². The molecule has 0 saturated heterocycles. The summed E-state index contributed by atoms with van der Waals surface area (Å²) < 4.78 is 15.1. The Morgan fingerprint density at radius 3 is 2.48 bits per heavy atom. The normalized spacial score (nSPS) is 20.1. The average Bonchev–Trinajstić information content (AvgIpc) is 3.53. The number of hydrogen-bond donors (Lipinski definition) is 2. The molecule has 2 N–H and O–H groups in total. The zero-order valence-electron chi connectivity index (χ0n) is 17.4. The van der Waals surface area contributed by atoms with Crippen LogP contribution in [-0.4, -0.2) is 31.5 Å². The first-order valence-electron chi connectivity index (χ1n) is 10.4. The van der Waals surface area contributed by atoms with E-state index in [4.69, 9.17) is 5.10 Å². The molecule has 2 heterocycles. The molecule has 6 nitrogen and oxygen atoms in total. The van der Waals surface area contributed by atoms with Crippen molar-refractivity contribution in [3.05, 3.63) is 71.0 Å². The monoisotopic (exact) mass is 421 g/mol. The average molecular weight is 421 g/mol. The summed E-state index contributed by atoms with van der Waals surface area (Å²) >= 11 is 0. The van der Waals surface area contributed by atoms with E-state index in [9.17, 15) is 19.4 Å². The van der Waals surface area contributed by atoms with E-state index >= 15 is 0 Å². The van der Waals surface area contributed by atoms with E-state index in [-0.39, 0.29) is 24.2 Å². The van der Waals surface area contributed by atoms with Crippen molar-refractivity contribution < 1.29 is 19.4 Å². The molecular formula is C24H24FN3O3. The number of aliphatic hydroxyl groups excluding tert-OH is 1. The first-order valence-corrected chi connectivity index (χ1v) is 10.4. The molecule has 0 radical (unpaired) electrons. The third-order valence-electron chi connectivity index (χ3n) is 6.36. The minimum Gasteiger partial charge on any atom is -0.388 e. The predicted octanol–water partition coefficient (Wildman–Crippen LogP) is 3.81. The standard InChI is InChI=1S/C24H24FN3O3/c1-14-20(15-7-11-17(25)12-8-15)26-27(13-24(2,31)16-9-10-16)21(14)28-22(29)18-5-3-4-6-19(18)23(28)30/h3-8,11-12,16,22,29,31H,9-10,13H2,1-2H3. The van der Waals surface area contributed by atoms with Gasteiger partial charge in [0.05, 0.1) is 17.8 Å². The highest BCUT2D eigenvalue weighted by molar-refractivity contribution is 6.11. The summed E-state index contributed by atoms with van der Waals surface area (Å²) in [6, 6.07) is 13.0. The molecule has 5 rings (SSSR count). The van der Waals surface area contributed by atoms with Crippen LogP contribution in [-0.2, 0) is 6.54 Å². The number of halogens is 1. The minimum atomic E-state index is -1.15. The topological polar surface area (TPSA) is 78.6 Å². The second-order valence-electron chi connectivity index (χ2n) is 8.73. The maximum absolute atomic E-state index is 13.5. The van der Waals surface area contributed by atoms with Gasteiger partial charge in [-0.15, -0.1) is 0 Å². The first-order chi connectivity index (χ1) is 14.8. The van der Waals surface area contributed by atoms with E-state index in [0.29, 0.717) is 33.8 Å². The maximum atomic E-state index is 13.5. The van der Waals surface area contributed by atoms with Crippen LogP contribution in [0.5, 0.6) is 0 Å². The number of amides is 1. The first kappa shape index (κ1) is 19.9.